The van der Waals surface area contributed by atoms with Gasteiger partial charge in [-0.05, 0) is 0 Å². The van der Waals surface area contributed by atoms with E-state index in [1.165, 1.54) is 26.3 Å². The van der Waals surface area contributed by atoms with Crippen LogP contribution >= 0.6 is 0 Å². The van der Waals surface area contributed by atoms with Gasteiger partial charge in [-0.15, -0.1) is 0 Å². The monoisotopic (exact) mass is 315 g/mol. The minimum absolute atomic E-state index is 0.484. The Kier molecular flexibility index (Phi) is 3.30. The summed E-state index contributed by atoms with van der Waals surface area (Å²) in [4.78, 5) is 6.88. The second-order valence-electron chi connectivity index (χ2n) is 5.32. The third kappa shape index (κ3) is 2.51. The van der Waals surface area contributed by atoms with Crippen molar-refractivity contribution in [1.82, 2.24) is 4.98 Å². The molecule has 0 aliphatic rings. The summed E-state index contributed by atoms with van der Waals surface area (Å²) in [6.45, 7) is 6.64. The van der Waals surface area contributed by atoms with E-state index >= 15 is 0 Å². The van der Waals surface area contributed by atoms with Gasteiger partial charge in [0.15, 0.2) is 0 Å². The number of pyridine rings is 1. The van der Waals surface area contributed by atoms with Crippen LogP contribution in [0.15, 0.2) is 41.5 Å². The van der Waals surface area contributed by atoms with Crippen LogP contribution in [0.5, 0.6) is 0 Å². The van der Waals surface area contributed by atoms with Crippen LogP contribution in [0.25, 0.3) is 20.9 Å². The fourth-order valence-electron chi connectivity index (χ4n) is 2.31. The van der Waals surface area contributed by atoms with Gasteiger partial charge in [0.25, 0.3) is 0 Å². The number of nitrogens with zero attached hydrogens (tertiary/aromatic N) is 1. The normalized spacial score (nSPS) is 11.4. The Bertz CT molecular complexity index is 725. The van der Waals surface area contributed by atoms with Crippen LogP contribution in [0.4, 0.5) is 0 Å². The molecule has 0 amide bonds. The van der Waals surface area contributed by atoms with E-state index in [-0.39, 0.29) is 0 Å². The van der Waals surface area contributed by atoms with Crippen molar-refractivity contribution in [2.75, 3.05) is 0 Å². The summed E-state index contributed by atoms with van der Waals surface area (Å²) >= 11 is 0.484. The van der Waals surface area contributed by atoms with Crippen LogP contribution in [0.2, 0.25) is 0 Å². The van der Waals surface area contributed by atoms with E-state index in [4.69, 9.17) is 0 Å². The molecule has 0 bridgehead atoms. The first-order chi connectivity index (χ1) is 9.13. The molecule has 0 saturated heterocycles. The van der Waals surface area contributed by atoms with Crippen LogP contribution < -0.4 is 0 Å². The Morgan fingerprint density at radius 3 is 2.74 bits per heavy atom. The summed E-state index contributed by atoms with van der Waals surface area (Å²) in [5, 5.41) is 1.29. The SMILES string of the molecule is Cc1cc(-c2cc3[se]ccc3cn2)cc(C(C)C)c1. The number of aryl methyl sites for hydroxylation is 1. The zero-order valence-corrected chi connectivity index (χ0v) is 13.2. The molecule has 2 heteroatoms. The summed E-state index contributed by atoms with van der Waals surface area (Å²) in [5.74, 6) is 0.555. The van der Waals surface area contributed by atoms with Gasteiger partial charge >= 0.3 is 120 Å². The van der Waals surface area contributed by atoms with E-state index < -0.39 is 0 Å². The van der Waals surface area contributed by atoms with E-state index in [0.29, 0.717) is 20.4 Å². The molecule has 1 aromatic carbocycles. The average molecular weight is 314 g/mol. The first-order valence-corrected chi connectivity index (χ1v) is 8.43. The second-order valence-corrected chi connectivity index (χ2v) is 7.30. The van der Waals surface area contributed by atoms with Gasteiger partial charge in [0.2, 0.25) is 0 Å². The van der Waals surface area contributed by atoms with Crippen molar-refractivity contribution >= 4 is 24.1 Å². The Morgan fingerprint density at radius 1 is 1.11 bits per heavy atom. The summed E-state index contributed by atoms with van der Waals surface area (Å²) in [6, 6.07) is 11.2. The summed E-state index contributed by atoms with van der Waals surface area (Å²) in [7, 11) is 0. The Labute approximate surface area is 120 Å². The van der Waals surface area contributed by atoms with Gasteiger partial charge in [-0.2, -0.15) is 0 Å². The molecule has 3 rings (SSSR count). The second kappa shape index (κ2) is 4.96. The fourth-order valence-corrected chi connectivity index (χ4v) is 3.98. The maximum absolute atomic E-state index is 4.62. The van der Waals surface area contributed by atoms with Crippen LogP contribution in [-0.4, -0.2) is 19.5 Å². The molecule has 1 nitrogen and oxygen atoms in total. The molecule has 2 aromatic heterocycles. The van der Waals surface area contributed by atoms with Crippen LogP contribution in [0, 0.1) is 6.92 Å². The fraction of sp³-hybridized carbons (Fsp3) is 0.235. The van der Waals surface area contributed by atoms with Gasteiger partial charge in [0.05, 0.1) is 0 Å². The molecule has 0 radical (unpaired) electrons. The number of benzene rings is 1. The zero-order valence-electron chi connectivity index (χ0n) is 11.5. The first kappa shape index (κ1) is 12.7. The van der Waals surface area contributed by atoms with Crippen molar-refractivity contribution in [3.05, 3.63) is 52.6 Å². The number of rotatable bonds is 2. The van der Waals surface area contributed by atoms with Gasteiger partial charge in [-0.1, -0.05) is 0 Å². The zero-order chi connectivity index (χ0) is 13.4. The number of fused-ring (bicyclic) bond motifs is 1. The quantitative estimate of drug-likeness (QED) is 0.639. The molecular weight excluding hydrogens is 297 g/mol. The Balaban J connectivity index is 2.14. The number of aromatic nitrogens is 1. The standard InChI is InChI=1S/C17H17NSe/c1-11(2)14-6-12(3)7-15(8-14)16-9-17-13(10-18-16)4-5-19-17/h4-11H,1-3H3. The van der Waals surface area contributed by atoms with Crippen molar-refractivity contribution in [3.8, 4) is 11.3 Å². The third-order valence-corrected chi connectivity index (χ3v) is 5.25. The topological polar surface area (TPSA) is 12.9 Å². The van der Waals surface area contributed by atoms with Crippen molar-refractivity contribution in [1.29, 1.82) is 0 Å². The Hall–Kier alpha value is -1.37. The molecule has 0 unspecified atom stereocenters. The first-order valence-electron chi connectivity index (χ1n) is 6.59. The van der Waals surface area contributed by atoms with Crippen molar-refractivity contribution in [2.24, 2.45) is 0 Å². The van der Waals surface area contributed by atoms with Crippen LogP contribution in [-0.2, 0) is 0 Å². The van der Waals surface area contributed by atoms with Gasteiger partial charge < -0.3 is 0 Å². The molecule has 0 fully saturated rings. The molecule has 0 spiro atoms. The Morgan fingerprint density at radius 2 is 1.95 bits per heavy atom. The molecule has 0 aliphatic carbocycles. The van der Waals surface area contributed by atoms with E-state index in [0.717, 1.165) is 5.69 Å². The summed E-state index contributed by atoms with van der Waals surface area (Å²) in [5.41, 5.74) is 5.05. The molecule has 0 saturated carbocycles. The molecule has 0 aliphatic heterocycles. The molecule has 2 heterocycles. The van der Waals surface area contributed by atoms with Gasteiger partial charge in [0, 0.05) is 0 Å². The number of hydrogen-bond acceptors (Lipinski definition) is 1. The number of hydrogen-bond donors (Lipinski definition) is 0. The van der Waals surface area contributed by atoms with E-state index in [1.54, 1.807) is 0 Å². The average Bonchev–Trinajstić information content (AvgIpc) is 2.85. The summed E-state index contributed by atoms with van der Waals surface area (Å²) < 4.78 is 1.45. The molecule has 0 N–H and O–H groups in total. The predicted octanol–water partition coefficient (Wildman–Crippen LogP) is 4.39. The van der Waals surface area contributed by atoms with Crippen LogP contribution in [0.1, 0.15) is 30.9 Å². The van der Waals surface area contributed by atoms with Crippen molar-refractivity contribution in [3.63, 3.8) is 0 Å². The van der Waals surface area contributed by atoms with E-state index in [9.17, 15) is 0 Å². The minimum atomic E-state index is 0.484. The van der Waals surface area contributed by atoms with Crippen LogP contribution in [0.3, 0.4) is 0 Å². The van der Waals surface area contributed by atoms with Gasteiger partial charge in [0.1, 0.15) is 0 Å². The third-order valence-electron chi connectivity index (χ3n) is 3.40. The van der Waals surface area contributed by atoms with Gasteiger partial charge in [-0.3, -0.25) is 0 Å². The van der Waals surface area contributed by atoms with E-state index in [1.807, 2.05) is 6.20 Å². The van der Waals surface area contributed by atoms with Crippen molar-refractivity contribution < 1.29 is 0 Å². The predicted molar refractivity (Wildman–Crippen MR) is 82.9 cm³/mol. The molecule has 19 heavy (non-hydrogen) atoms. The molecule has 3 aromatic rings. The molecule has 0 atom stereocenters. The molecule has 96 valence electrons. The molecular formula is C17H17NSe. The van der Waals surface area contributed by atoms with Crippen molar-refractivity contribution in [2.45, 2.75) is 26.7 Å². The van der Waals surface area contributed by atoms with E-state index in [2.05, 4.69) is 61.0 Å². The maximum atomic E-state index is 4.62. The van der Waals surface area contributed by atoms with Gasteiger partial charge in [-0.25, -0.2) is 0 Å². The summed E-state index contributed by atoms with van der Waals surface area (Å²) in [6.07, 6.45) is 2.01.